The summed E-state index contributed by atoms with van der Waals surface area (Å²) in [6.45, 7) is 3.15. The summed E-state index contributed by atoms with van der Waals surface area (Å²) in [6, 6.07) is 7.70. The van der Waals surface area contributed by atoms with Crippen LogP contribution in [0.4, 0.5) is 17.3 Å². The Morgan fingerprint density at radius 2 is 1.23 bits per heavy atom. The molecule has 226 valence electrons. The molecule has 0 saturated heterocycles. The Hall–Kier alpha value is -5.48. The molecule has 0 unspecified atom stereocenters. The number of hydrogen-bond donors (Lipinski definition) is 4. The van der Waals surface area contributed by atoms with E-state index in [0.717, 1.165) is 30.4 Å². The molecular weight excluding hydrogens is 564 g/mol. The van der Waals surface area contributed by atoms with Crippen LogP contribution in [0.3, 0.4) is 0 Å². The highest BCUT2D eigenvalue weighted by Crippen LogP contribution is 2.40. The molecule has 16 heteroatoms. The van der Waals surface area contributed by atoms with Gasteiger partial charge in [-0.15, -0.1) is 0 Å². The molecule has 0 spiro atoms. The third kappa shape index (κ3) is 5.55. The first kappa shape index (κ1) is 30.5. The van der Waals surface area contributed by atoms with E-state index in [-0.39, 0.29) is 39.3 Å². The summed E-state index contributed by atoms with van der Waals surface area (Å²) in [4.78, 5) is 77.2. The lowest BCUT2D eigenvalue weighted by Crippen LogP contribution is -2.40. The number of allylic oxidation sites excluding steroid dienone is 2. The van der Waals surface area contributed by atoms with Gasteiger partial charge in [-0.1, -0.05) is 12.1 Å². The van der Waals surface area contributed by atoms with Crippen LogP contribution in [0, 0.1) is 5.21 Å². The summed E-state index contributed by atoms with van der Waals surface area (Å²) in [7, 11) is 5.29. The van der Waals surface area contributed by atoms with E-state index in [1.165, 1.54) is 52.5 Å². The van der Waals surface area contributed by atoms with Crippen molar-refractivity contribution in [1.82, 2.24) is 23.6 Å². The first-order chi connectivity index (χ1) is 20.1. The standard InChI is InChI=1S/C27H29N8O8/c1-13-21(24(38)29-17-11-19(36)33(5)26(40)31(17)3)23(15-8-7-9-16(10-15)35(42)43)22(14(2)28-13)25(39)30-18-12-20(37)34(6)27(41)32(18)4/h7-12,23,28,42H,1-6H3,(H,29,38)(H,30,39)/q-1. The number of dihydropyridines is 1. The Kier molecular flexibility index (Phi) is 8.09. The molecule has 0 fully saturated rings. The van der Waals surface area contributed by atoms with Crippen molar-refractivity contribution in [3.63, 3.8) is 0 Å². The lowest BCUT2D eigenvalue weighted by atomic mass is 9.79. The van der Waals surface area contributed by atoms with Gasteiger partial charge in [0.15, 0.2) is 0 Å². The molecular formula is C27H29N8O8-. The molecule has 3 aromatic rings. The maximum Gasteiger partial charge on any atom is 0.332 e. The average molecular weight is 594 g/mol. The van der Waals surface area contributed by atoms with Crippen LogP contribution >= 0.6 is 0 Å². The lowest BCUT2D eigenvalue weighted by Gasteiger charge is -2.32. The number of anilines is 3. The molecule has 43 heavy (non-hydrogen) atoms. The monoisotopic (exact) mass is 593 g/mol. The van der Waals surface area contributed by atoms with Crippen LogP contribution in [0.15, 0.2) is 78.1 Å². The maximum absolute atomic E-state index is 13.9. The predicted molar refractivity (Wildman–Crippen MR) is 156 cm³/mol. The van der Waals surface area contributed by atoms with Crippen LogP contribution in [0.2, 0.25) is 0 Å². The van der Waals surface area contributed by atoms with Crippen molar-refractivity contribution in [2.75, 3.05) is 15.9 Å². The van der Waals surface area contributed by atoms with E-state index in [4.69, 9.17) is 0 Å². The van der Waals surface area contributed by atoms with E-state index in [1.54, 1.807) is 13.8 Å². The normalized spacial score (nSPS) is 13.6. The zero-order valence-electron chi connectivity index (χ0n) is 24.1. The summed E-state index contributed by atoms with van der Waals surface area (Å²) in [5, 5.41) is 29.0. The first-order valence-corrected chi connectivity index (χ1v) is 12.8. The third-order valence-electron chi connectivity index (χ3n) is 7.21. The molecule has 16 nitrogen and oxygen atoms in total. The minimum Gasteiger partial charge on any atom is -0.733 e. The Balaban J connectivity index is 1.87. The van der Waals surface area contributed by atoms with Crippen molar-refractivity contribution in [2.24, 2.45) is 28.2 Å². The number of rotatable bonds is 6. The van der Waals surface area contributed by atoms with E-state index in [9.17, 15) is 39.2 Å². The van der Waals surface area contributed by atoms with Crippen molar-refractivity contribution in [2.45, 2.75) is 19.8 Å². The van der Waals surface area contributed by atoms with Gasteiger partial charge in [0.2, 0.25) is 0 Å². The second-order valence-corrected chi connectivity index (χ2v) is 9.95. The molecule has 3 heterocycles. The van der Waals surface area contributed by atoms with Crippen LogP contribution < -0.4 is 43.7 Å². The molecule has 4 rings (SSSR count). The number of hydrogen-bond acceptors (Lipinski definition) is 10. The Labute approximate surface area is 242 Å². The third-order valence-corrected chi connectivity index (χ3v) is 7.21. The summed E-state index contributed by atoms with van der Waals surface area (Å²) >= 11 is 0. The van der Waals surface area contributed by atoms with Gasteiger partial charge in [-0.3, -0.25) is 42.7 Å². The van der Waals surface area contributed by atoms with Gasteiger partial charge in [0, 0.05) is 68.8 Å². The number of amides is 2. The van der Waals surface area contributed by atoms with Gasteiger partial charge in [-0.25, -0.2) is 9.59 Å². The zero-order valence-corrected chi connectivity index (χ0v) is 24.1. The van der Waals surface area contributed by atoms with Gasteiger partial charge >= 0.3 is 11.4 Å². The molecule has 0 saturated carbocycles. The topological polar surface area (TPSA) is 205 Å². The summed E-state index contributed by atoms with van der Waals surface area (Å²) in [5.41, 5.74) is -2.06. The molecule has 1 aliphatic rings. The summed E-state index contributed by atoms with van der Waals surface area (Å²) in [6.07, 6.45) is 0. The first-order valence-electron chi connectivity index (χ1n) is 12.8. The van der Waals surface area contributed by atoms with Crippen LogP contribution in [-0.2, 0) is 37.8 Å². The number of benzene rings is 1. The van der Waals surface area contributed by atoms with Crippen LogP contribution in [0.25, 0.3) is 0 Å². The summed E-state index contributed by atoms with van der Waals surface area (Å²) < 4.78 is 3.85. The number of aromatic nitrogens is 4. The van der Waals surface area contributed by atoms with Crippen molar-refractivity contribution in [3.05, 3.63) is 111 Å². The quantitative estimate of drug-likeness (QED) is 0.274. The summed E-state index contributed by atoms with van der Waals surface area (Å²) in [5.74, 6) is -2.97. The molecule has 1 aromatic carbocycles. The fourth-order valence-corrected chi connectivity index (χ4v) is 4.83. The minimum absolute atomic E-state index is 0.0192. The SMILES string of the molecule is CC1=C(C(=O)Nc2cc(=O)n(C)c(=O)n2C)C(c2cccc(N([O-])O)c2)C(C(=O)Nc2cc(=O)n(C)c(=O)n2C)=C(C)N1. The zero-order chi connectivity index (χ0) is 31.9. The second kappa shape index (κ2) is 11.4. The van der Waals surface area contributed by atoms with Crippen molar-refractivity contribution < 1.29 is 14.8 Å². The highest BCUT2D eigenvalue weighted by molar-refractivity contribution is 6.11. The van der Waals surface area contributed by atoms with Crippen LogP contribution in [-0.4, -0.2) is 35.3 Å². The van der Waals surface area contributed by atoms with Gasteiger partial charge in [-0.2, -0.15) is 0 Å². The fraction of sp³-hybridized carbons (Fsp3) is 0.259. The van der Waals surface area contributed by atoms with E-state index in [0.29, 0.717) is 11.4 Å². The van der Waals surface area contributed by atoms with E-state index >= 15 is 0 Å². The van der Waals surface area contributed by atoms with Gasteiger partial charge in [-0.05, 0) is 31.5 Å². The highest BCUT2D eigenvalue weighted by atomic mass is 16.8. The van der Waals surface area contributed by atoms with Gasteiger partial charge in [0.05, 0.1) is 5.69 Å². The molecule has 0 aliphatic carbocycles. The second-order valence-electron chi connectivity index (χ2n) is 9.95. The highest BCUT2D eigenvalue weighted by Gasteiger charge is 2.37. The van der Waals surface area contributed by atoms with Gasteiger partial charge < -0.3 is 26.4 Å². The molecule has 4 N–H and O–H groups in total. The van der Waals surface area contributed by atoms with Crippen molar-refractivity contribution in [1.29, 1.82) is 0 Å². The van der Waals surface area contributed by atoms with Crippen LogP contribution in [0.1, 0.15) is 25.3 Å². The molecule has 1 aliphatic heterocycles. The van der Waals surface area contributed by atoms with E-state index < -0.39 is 40.2 Å². The largest absolute Gasteiger partial charge is 0.733 e. The molecule has 0 atom stereocenters. The van der Waals surface area contributed by atoms with E-state index in [2.05, 4.69) is 16.0 Å². The fourth-order valence-electron chi connectivity index (χ4n) is 4.83. The lowest BCUT2D eigenvalue weighted by molar-refractivity contribution is -0.113. The molecule has 2 amide bonds. The van der Waals surface area contributed by atoms with Crippen LogP contribution in [0.5, 0.6) is 0 Å². The predicted octanol–water partition coefficient (Wildman–Crippen LogP) is -0.313. The average Bonchev–Trinajstić information content (AvgIpc) is 2.95. The number of nitrogens with zero attached hydrogens (tertiary/aromatic N) is 5. The van der Waals surface area contributed by atoms with Gasteiger partial charge in [0.1, 0.15) is 11.6 Å². The smallest absolute Gasteiger partial charge is 0.332 e. The number of nitrogens with one attached hydrogen (secondary N) is 3. The molecule has 0 bridgehead atoms. The maximum atomic E-state index is 13.9. The Morgan fingerprint density at radius 1 is 0.791 bits per heavy atom. The van der Waals surface area contributed by atoms with Gasteiger partial charge in [0.25, 0.3) is 22.9 Å². The molecule has 0 radical (unpaired) electrons. The van der Waals surface area contributed by atoms with Crippen molar-refractivity contribution in [3.8, 4) is 0 Å². The van der Waals surface area contributed by atoms with Crippen molar-refractivity contribution >= 4 is 29.1 Å². The minimum atomic E-state index is -1.17. The van der Waals surface area contributed by atoms with E-state index in [1.807, 2.05) is 0 Å². The Morgan fingerprint density at radius 3 is 1.65 bits per heavy atom. The Bertz CT molecular complexity index is 1860. The molecule has 2 aromatic heterocycles. The number of carbonyl (C=O) groups excluding carboxylic acids is 2. The number of carbonyl (C=O) groups is 2.